The van der Waals surface area contributed by atoms with Crippen LogP contribution in [-0.4, -0.2) is 22.3 Å². The number of carbonyl (C=O) groups excluding carboxylic acids is 1. The summed E-state index contributed by atoms with van der Waals surface area (Å²) >= 11 is 0. The van der Waals surface area contributed by atoms with Crippen LogP contribution in [0.2, 0.25) is 0 Å². The van der Waals surface area contributed by atoms with E-state index >= 15 is 0 Å². The molecule has 0 unspecified atom stereocenters. The van der Waals surface area contributed by atoms with E-state index in [0.717, 1.165) is 25.0 Å². The minimum atomic E-state index is -0.419. The Kier molecular flexibility index (Phi) is 7.18. The first kappa shape index (κ1) is 19.9. The van der Waals surface area contributed by atoms with E-state index in [4.69, 9.17) is 4.74 Å². The van der Waals surface area contributed by atoms with Crippen LogP contribution < -0.4 is 10.1 Å². The number of rotatable bonds is 9. The zero-order valence-corrected chi connectivity index (χ0v) is 16.0. The fourth-order valence-electron chi connectivity index (χ4n) is 2.71. The van der Waals surface area contributed by atoms with Crippen molar-refractivity contribution >= 4 is 5.91 Å². The van der Waals surface area contributed by atoms with Crippen molar-refractivity contribution in [3.05, 3.63) is 47.0 Å². The number of aromatic nitrogens is 2. The van der Waals surface area contributed by atoms with Gasteiger partial charge in [-0.3, -0.25) is 9.48 Å². The average molecular weight is 361 g/mol. The number of ether oxygens (including phenoxy) is 1. The van der Waals surface area contributed by atoms with Crippen molar-refractivity contribution in [2.45, 2.75) is 46.6 Å². The number of hydrogen-bond acceptors (Lipinski definition) is 3. The molecule has 1 aromatic carbocycles. The Morgan fingerprint density at radius 3 is 2.65 bits per heavy atom. The van der Waals surface area contributed by atoms with E-state index in [1.165, 1.54) is 0 Å². The van der Waals surface area contributed by atoms with Crippen LogP contribution in [0.3, 0.4) is 0 Å². The second-order valence-electron chi connectivity index (χ2n) is 6.40. The molecule has 26 heavy (non-hydrogen) atoms. The maximum absolute atomic E-state index is 14.6. The lowest BCUT2D eigenvalue weighted by Gasteiger charge is -2.15. The number of nitrogens with one attached hydrogen (secondary N) is 1. The quantitative estimate of drug-likeness (QED) is 0.738. The van der Waals surface area contributed by atoms with E-state index in [-0.39, 0.29) is 18.2 Å². The number of benzene rings is 1. The smallest absolute Gasteiger partial charge is 0.269 e. The summed E-state index contributed by atoms with van der Waals surface area (Å²) < 4.78 is 21.8. The van der Waals surface area contributed by atoms with Gasteiger partial charge in [0.05, 0.1) is 12.3 Å². The first-order chi connectivity index (χ1) is 12.5. The summed E-state index contributed by atoms with van der Waals surface area (Å²) in [6.45, 7) is 6.77. The van der Waals surface area contributed by atoms with Gasteiger partial charge >= 0.3 is 0 Å². The highest BCUT2D eigenvalue weighted by molar-refractivity contribution is 5.92. The van der Waals surface area contributed by atoms with Crippen LogP contribution in [0.4, 0.5) is 4.39 Å². The largest absolute Gasteiger partial charge is 0.490 e. The molecule has 0 saturated heterocycles. The summed E-state index contributed by atoms with van der Waals surface area (Å²) in [7, 11) is 1.72. The highest BCUT2D eigenvalue weighted by atomic mass is 19.1. The molecule has 5 nitrogen and oxygen atoms in total. The Bertz CT molecular complexity index is 739. The second-order valence-corrected chi connectivity index (χ2v) is 6.40. The van der Waals surface area contributed by atoms with Gasteiger partial charge in [-0.1, -0.05) is 45.7 Å². The molecule has 2 rings (SSSR count). The predicted molar refractivity (Wildman–Crippen MR) is 99.7 cm³/mol. The van der Waals surface area contributed by atoms with Crippen LogP contribution in [0, 0.1) is 11.7 Å². The van der Waals surface area contributed by atoms with Crippen molar-refractivity contribution in [2.24, 2.45) is 13.0 Å². The molecule has 0 spiro atoms. The zero-order chi connectivity index (χ0) is 19.1. The third-order valence-corrected chi connectivity index (χ3v) is 4.64. The monoisotopic (exact) mass is 361 g/mol. The third-order valence-electron chi connectivity index (χ3n) is 4.64. The Labute approximate surface area is 154 Å². The molecule has 0 bridgehead atoms. The van der Waals surface area contributed by atoms with Crippen molar-refractivity contribution in [1.29, 1.82) is 0 Å². The summed E-state index contributed by atoms with van der Waals surface area (Å²) in [6, 6.07) is 6.77. The van der Waals surface area contributed by atoms with Crippen molar-refractivity contribution in [2.75, 3.05) is 6.61 Å². The molecule has 0 aliphatic heterocycles. The van der Waals surface area contributed by atoms with E-state index in [9.17, 15) is 9.18 Å². The SMILES string of the molecule is CCc1cc(C(=O)NCc2cccc(OCC(CC)CC)c2F)n(C)n1. The van der Waals surface area contributed by atoms with Crippen molar-refractivity contribution in [1.82, 2.24) is 15.1 Å². The van der Waals surface area contributed by atoms with E-state index < -0.39 is 5.82 Å². The van der Waals surface area contributed by atoms with Crippen LogP contribution in [0.15, 0.2) is 24.3 Å². The van der Waals surface area contributed by atoms with E-state index in [1.54, 1.807) is 36.0 Å². The van der Waals surface area contributed by atoms with Crippen LogP contribution in [-0.2, 0) is 20.0 Å². The highest BCUT2D eigenvalue weighted by Gasteiger charge is 2.15. The summed E-state index contributed by atoms with van der Waals surface area (Å²) in [6.07, 6.45) is 2.75. The minimum Gasteiger partial charge on any atom is -0.490 e. The van der Waals surface area contributed by atoms with E-state index in [2.05, 4.69) is 24.3 Å². The lowest BCUT2D eigenvalue weighted by Crippen LogP contribution is -2.25. The Morgan fingerprint density at radius 1 is 1.31 bits per heavy atom. The fourth-order valence-corrected chi connectivity index (χ4v) is 2.71. The van der Waals surface area contributed by atoms with Gasteiger partial charge in [0, 0.05) is 19.2 Å². The Balaban J connectivity index is 2.02. The average Bonchev–Trinajstić information content (AvgIpc) is 3.03. The number of halogens is 1. The van der Waals surface area contributed by atoms with Gasteiger partial charge in [-0.15, -0.1) is 0 Å². The molecule has 6 heteroatoms. The van der Waals surface area contributed by atoms with Gasteiger partial charge in [0.2, 0.25) is 0 Å². The van der Waals surface area contributed by atoms with Gasteiger partial charge < -0.3 is 10.1 Å². The molecule has 1 N–H and O–H groups in total. The molecule has 1 heterocycles. The number of nitrogens with zero attached hydrogens (tertiary/aromatic N) is 2. The first-order valence-corrected chi connectivity index (χ1v) is 9.21. The second kappa shape index (κ2) is 9.36. The van der Waals surface area contributed by atoms with Crippen LogP contribution in [0.1, 0.15) is 55.4 Å². The van der Waals surface area contributed by atoms with Gasteiger partial charge in [0.25, 0.3) is 5.91 Å². The van der Waals surface area contributed by atoms with Crippen molar-refractivity contribution < 1.29 is 13.9 Å². The lowest BCUT2D eigenvalue weighted by atomic mass is 10.1. The molecule has 0 fully saturated rings. The van der Waals surface area contributed by atoms with Gasteiger partial charge in [-0.2, -0.15) is 5.10 Å². The third kappa shape index (κ3) is 4.84. The maximum Gasteiger partial charge on any atom is 0.269 e. The number of aryl methyl sites for hydroxylation is 2. The maximum atomic E-state index is 14.6. The Hall–Kier alpha value is -2.37. The summed E-state index contributed by atoms with van der Waals surface area (Å²) in [5, 5.41) is 7.01. The van der Waals surface area contributed by atoms with Crippen LogP contribution in [0.5, 0.6) is 5.75 Å². The number of amides is 1. The molecule has 2 aromatic rings. The predicted octanol–water partition coefficient (Wildman–Crippen LogP) is 3.87. The van der Waals surface area contributed by atoms with Crippen molar-refractivity contribution in [3.8, 4) is 5.75 Å². The van der Waals surface area contributed by atoms with Gasteiger partial charge in [0.1, 0.15) is 5.69 Å². The summed E-state index contributed by atoms with van der Waals surface area (Å²) in [5.74, 6) is -0.0479. The van der Waals surface area contributed by atoms with Crippen LogP contribution in [0.25, 0.3) is 0 Å². The normalized spacial score (nSPS) is 11.0. The lowest BCUT2D eigenvalue weighted by molar-refractivity contribution is 0.0941. The van der Waals surface area contributed by atoms with Gasteiger partial charge in [-0.25, -0.2) is 4.39 Å². The molecular weight excluding hydrogens is 333 g/mol. The fraction of sp³-hybridized carbons (Fsp3) is 0.500. The summed E-state index contributed by atoms with van der Waals surface area (Å²) in [5.41, 5.74) is 1.71. The molecule has 0 radical (unpaired) electrons. The summed E-state index contributed by atoms with van der Waals surface area (Å²) in [4.78, 5) is 12.3. The van der Waals surface area contributed by atoms with E-state index in [0.29, 0.717) is 23.8 Å². The van der Waals surface area contributed by atoms with Crippen molar-refractivity contribution in [3.63, 3.8) is 0 Å². The van der Waals surface area contributed by atoms with Crippen LogP contribution >= 0.6 is 0 Å². The molecule has 142 valence electrons. The number of hydrogen-bond donors (Lipinski definition) is 1. The molecule has 1 aromatic heterocycles. The molecule has 0 saturated carbocycles. The standard InChI is InChI=1S/C20H28FN3O2/c1-5-14(6-2)13-26-18-10-8-9-15(19(18)21)12-22-20(25)17-11-16(7-3)23-24(17)4/h8-11,14H,5-7,12-13H2,1-4H3,(H,22,25). The zero-order valence-electron chi connectivity index (χ0n) is 16.0. The number of carbonyl (C=O) groups is 1. The molecule has 0 aliphatic rings. The molecule has 0 aliphatic carbocycles. The van der Waals surface area contributed by atoms with Gasteiger partial charge in [0.15, 0.2) is 11.6 Å². The molecule has 1 amide bonds. The Morgan fingerprint density at radius 2 is 2.04 bits per heavy atom. The topological polar surface area (TPSA) is 56.1 Å². The molecule has 0 atom stereocenters. The highest BCUT2D eigenvalue weighted by Crippen LogP contribution is 2.22. The van der Waals surface area contributed by atoms with Gasteiger partial charge in [-0.05, 0) is 24.5 Å². The molecular formula is C20H28FN3O2. The van der Waals surface area contributed by atoms with E-state index in [1.807, 2.05) is 6.92 Å². The minimum absolute atomic E-state index is 0.0967. The first-order valence-electron chi connectivity index (χ1n) is 9.21.